The number of nitrogens with zero attached hydrogens (tertiary/aromatic N) is 1. The summed E-state index contributed by atoms with van der Waals surface area (Å²) in [6.07, 6.45) is 4.37. The van der Waals surface area contributed by atoms with E-state index >= 15 is 0 Å². The number of thiophene rings is 1. The highest BCUT2D eigenvalue weighted by Gasteiger charge is 2.30. The van der Waals surface area contributed by atoms with Crippen LogP contribution in [0.25, 0.3) is 0 Å². The Morgan fingerprint density at radius 2 is 2.11 bits per heavy atom. The molecule has 0 N–H and O–H groups in total. The van der Waals surface area contributed by atoms with Crippen molar-refractivity contribution >= 4 is 33.0 Å². The van der Waals surface area contributed by atoms with Crippen LogP contribution in [0.5, 0.6) is 0 Å². The van der Waals surface area contributed by atoms with E-state index in [1.54, 1.807) is 10.4 Å². The zero-order valence-electron chi connectivity index (χ0n) is 11.1. The van der Waals surface area contributed by atoms with Crippen molar-refractivity contribution in [2.45, 2.75) is 42.7 Å². The molecule has 19 heavy (non-hydrogen) atoms. The maximum atomic E-state index is 12.5. The minimum atomic E-state index is -3.30. The van der Waals surface area contributed by atoms with Crippen molar-refractivity contribution in [2.75, 3.05) is 13.1 Å². The fraction of sp³-hybridized carbons (Fsp3) is 0.692. The van der Waals surface area contributed by atoms with Gasteiger partial charge in [-0.1, -0.05) is 19.8 Å². The van der Waals surface area contributed by atoms with Crippen LogP contribution in [0.3, 0.4) is 0 Å². The summed E-state index contributed by atoms with van der Waals surface area (Å²) in [5, 5.41) is 1.82. The van der Waals surface area contributed by atoms with E-state index in [0.29, 0.717) is 29.1 Å². The third kappa shape index (κ3) is 3.51. The van der Waals surface area contributed by atoms with E-state index in [4.69, 9.17) is 11.6 Å². The van der Waals surface area contributed by atoms with E-state index in [2.05, 4.69) is 6.92 Å². The lowest BCUT2D eigenvalue weighted by Crippen LogP contribution is -2.38. The van der Waals surface area contributed by atoms with E-state index < -0.39 is 10.0 Å². The maximum absolute atomic E-state index is 12.5. The maximum Gasteiger partial charge on any atom is 0.252 e. The molecule has 0 atom stereocenters. The molecule has 0 amide bonds. The Bertz CT molecular complexity index is 504. The van der Waals surface area contributed by atoms with Crippen LogP contribution in [0.1, 0.15) is 38.2 Å². The first kappa shape index (κ1) is 15.3. The second-order valence-electron chi connectivity index (χ2n) is 5.04. The van der Waals surface area contributed by atoms with Gasteiger partial charge in [0.2, 0.25) is 0 Å². The van der Waals surface area contributed by atoms with Crippen molar-refractivity contribution in [1.29, 1.82) is 0 Å². The van der Waals surface area contributed by atoms with Crippen molar-refractivity contribution in [2.24, 2.45) is 5.92 Å². The van der Waals surface area contributed by atoms with Gasteiger partial charge in [0.15, 0.2) is 0 Å². The molecule has 1 aromatic heterocycles. The van der Waals surface area contributed by atoms with Crippen molar-refractivity contribution in [3.05, 3.63) is 17.0 Å². The molecule has 0 bridgehead atoms. The highest BCUT2D eigenvalue weighted by atomic mass is 35.5. The predicted molar refractivity (Wildman–Crippen MR) is 80.3 cm³/mol. The third-order valence-corrected chi connectivity index (χ3v) is 7.32. The molecule has 1 fully saturated rings. The predicted octanol–water partition coefficient (Wildman–Crippen LogP) is 3.69. The van der Waals surface area contributed by atoms with E-state index in [1.165, 1.54) is 24.2 Å². The number of sulfonamides is 1. The molecule has 2 heterocycles. The molecule has 0 aromatic carbocycles. The molecule has 1 saturated heterocycles. The molecule has 1 aromatic rings. The van der Waals surface area contributed by atoms with Crippen LogP contribution < -0.4 is 0 Å². The Morgan fingerprint density at radius 3 is 2.63 bits per heavy atom. The topological polar surface area (TPSA) is 37.4 Å². The smallest absolute Gasteiger partial charge is 0.206 e. The first-order valence-corrected chi connectivity index (χ1v) is 9.57. The largest absolute Gasteiger partial charge is 0.252 e. The third-order valence-electron chi connectivity index (χ3n) is 3.65. The van der Waals surface area contributed by atoms with Crippen molar-refractivity contribution in [3.63, 3.8) is 0 Å². The minimum Gasteiger partial charge on any atom is -0.206 e. The monoisotopic (exact) mass is 321 g/mol. The highest BCUT2D eigenvalue weighted by Crippen LogP contribution is 2.29. The van der Waals surface area contributed by atoms with Crippen LogP contribution in [-0.2, 0) is 15.9 Å². The Balaban J connectivity index is 2.05. The molecule has 1 aliphatic rings. The van der Waals surface area contributed by atoms with Crippen LogP contribution in [0.4, 0.5) is 0 Å². The molecule has 0 aliphatic carbocycles. The number of alkyl halides is 1. The first-order valence-electron chi connectivity index (χ1n) is 6.71. The van der Waals surface area contributed by atoms with Gasteiger partial charge in [0, 0.05) is 19.0 Å². The number of halogens is 1. The quantitative estimate of drug-likeness (QED) is 0.776. The Kier molecular flexibility index (Phi) is 5.29. The zero-order valence-corrected chi connectivity index (χ0v) is 13.5. The Morgan fingerprint density at radius 1 is 1.42 bits per heavy atom. The SMILES string of the molecule is CCCC1CCN(S(=O)(=O)c2cc(CCl)cs2)CC1. The van der Waals surface area contributed by atoms with Crippen LogP contribution >= 0.6 is 22.9 Å². The molecule has 0 saturated carbocycles. The summed E-state index contributed by atoms with van der Waals surface area (Å²) < 4.78 is 27.0. The second kappa shape index (κ2) is 6.57. The molecule has 0 spiro atoms. The van der Waals surface area contributed by atoms with Gasteiger partial charge in [-0.25, -0.2) is 8.42 Å². The lowest BCUT2D eigenvalue weighted by atomic mass is 9.94. The van der Waals surface area contributed by atoms with E-state index in [0.717, 1.165) is 18.4 Å². The summed E-state index contributed by atoms with van der Waals surface area (Å²) in [5.41, 5.74) is 0.881. The first-order chi connectivity index (χ1) is 9.07. The van der Waals surface area contributed by atoms with E-state index in [-0.39, 0.29) is 0 Å². The molecular formula is C13H20ClNO2S2. The fourth-order valence-corrected chi connectivity index (χ4v) is 5.61. The van der Waals surface area contributed by atoms with Gasteiger partial charge in [0.1, 0.15) is 4.21 Å². The lowest BCUT2D eigenvalue weighted by molar-refractivity contribution is 0.263. The van der Waals surface area contributed by atoms with Crippen molar-refractivity contribution in [1.82, 2.24) is 4.31 Å². The average molecular weight is 322 g/mol. The fourth-order valence-electron chi connectivity index (χ4n) is 2.53. The standard InChI is InChI=1S/C13H20ClNO2S2/c1-2-3-11-4-6-15(7-5-11)19(16,17)13-8-12(9-14)10-18-13/h8,10-11H,2-7,9H2,1H3. The van der Waals surface area contributed by atoms with Gasteiger partial charge in [0.05, 0.1) is 0 Å². The summed E-state index contributed by atoms with van der Waals surface area (Å²) in [6, 6.07) is 1.70. The molecule has 0 radical (unpaired) electrons. The minimum absolute atomic E-state index is 0.366. The molecule has 1 aliphatic heterocycles. The number of piperidine rings is 1. The molecule has 108 valence electrons. The van der Waals surface area contributed by atoms with Crippen LogP contribution in [0.15, 0.2) is 15.7 Å². The highest BCUT2D eigenvalue weighted by molar-refractivity contribution is 7.91. The summed E-state index contributed by atoms with van der Waals surface area (Å²) in [5.74, 6) is 1.06. The van der Waals surface area contributed by atoms with Crippen LogP contribution in [-0.4, -0.2) is 25.8 Å². The normalized spacial score (nSPS) is 18.8. The summed E-state index contributed by atoms with van der Waals surface area (Å²) in [4.78, 5) is 0. The molecular weight excluding hydrogens is 302 g/mol. The molecule has 2 rings (SSSR count). The zero-order chi connectivity index (χ0) is 13.9. The van der Waals surface area contributed by atoms with Gasteiger partial charge < -0.3 is 0 Å². The van der Waals surface area contributed by atoms with Crippen molar-refractivity contribution < 1.29 is 8.42 Å². The van der Waals surface area contributed by atoms with E-state index in [1.807, 2.05) is 5.38 Å². The van der Waals surface area contributed by atoms with Gasteiger partial charge in [-0.15, -0.1) is 22.9 Å². The Labute approximate surface area is 124 Å². The van der Waals surface area contributed by atoms with Gasteiger partial charge in [-0.2, -0.15) is 4.31 Å². The van der Waals surface area contributed by atoms with Crippen LogP contribution in [0.2, 0.25) is 0 Å². The number of rotatable bonds is 5. The molecule has 3 nitrogen and oxygen atoms in total. The number of hydrogen-bond donors (Lipinski definition) is 0. The summed E-state index contributed by atoms with van der Waals surface area (Å²) in [7, 11) is -3.30. The van der Waals surface area contributed by atoms with Gasteiger partial charge in [-0.3, -0.25) is 0 Å². The summed E-state index contributed by atoms with van der Waals surface area (Å²) in [6.45, 7) is 3.49. The average Bonchev–Trinajstić information content (AvgIpc) is 2.89. The Hall–Kier alpha value is -0.100. The van der Waals surface area contributed by atoms with Gasteiger partial charge in [-0.05, 0) is 35.8 Å². The van der Waals surface area contributed by atoms with Gasteiger partial charge in [0.25, 0.3) is 10.0 Å². The second-order valence-corrected chi connectivity index (χ2v) is 8.39. The van der Waals surface area contributed by atoms with Gasteiger partial charge >= 0.3 is 0 Å². The number of hydrogen-bond acceptors (Lipinski definition) is 3. The lowest BCUT2D eigenvalue weighted by Gasteiger charge is -2.30. The van der Waals surface area contributed by atoms with Crippen molar-refractivity contribution in [3.8, 4) is 0 Å². The molecule has 6 heteroatoms. The van der Waals surface area contributed by atoms with E-state index in [9.17, 15) is 8.42 Å². The van der Waals surface area contributed by atoms with Crippen LogP contribution in [0, 0.1) is 5.92 Å². The molecule has 0 unspecified atom stereocenters. The summed E-state index contributed by atoms with van der Waals surface area (Å²) >= 11 is 7.00.